The number of fused-ring (bicyclic) bond motifs is 6. The van der Waals surface area contributed by atoms with Gasteiger partial charge in [0.25, 0.3) is 5.69 Å². The number of nitro benzene ring substituents is 1. The molecule has 1 N–H and O–H groups in total. The summed E-state index contributed by atoms with van der Waals surface area (Å²) in [5.41, 5.74) is 2.76. The molecule has 2 aliphatic carbocycles. The maximum atomic E-state index is 13.9. The van der Waals surface area contributed by atoms with E-state index in [0.29, 0.717) is 23.1 Å². The van der Waals surface area contributed by atoms with Crippen molar-refractivity contribution >= 4 is 28.3 Å². The summed E-state index contributed by atoms with van der Waals surface area (Å²) >= 11 is 0. The number of nitrogens with zero attached hydrogens (tertiary/aromatic N) is 3. The van der Waals surface area contributed by atoms with E-state index in [2.05, 4.69) is 26.1 Å². The zero-order valence-corrected chi connectivity index (χ0v) is 18.0. The fraction of sp³-hybridized carbons (Fsp3) is 0.375. The number of aromatic nitrogens is 2. The Balaban J connectivity index is 1.70. The highest BCUT2D eigenvalue weighted by Crippen LogP contribution is 2.70. The molecule has 158 valence electrons. The second-order valence-electron chi connectivity index (χ2n) is 9.54. The van der Waals surface area contributed by atoms with Gasteiger partial charge in [0.2, 0.25) is 5.91 Å². The van der Waals surface area contributed by atoms with Gasteiger partial charge in [-0.05, 0) is 48.9 Å². The number of anilines is 1. The van der Waals surface area contributed by atoms with Crippen molar-refractivity contribution in [1.82, 2.24) is 9.97 Å². The fourth-order valence-corrected chi connectivity index (χ4v) is 5.67. The maximum absolute atomic E-state index is 13.9. The molecule has 2 bridgehead atoms. The number of amides is 1. The molecule has 3 aromatic rings. The van der Waals surface area contributed by atoms with E-state index < -0.39 is 15.8 Å². The lowest BCUT2D eigenvalue weighted by molar-refractivity contribution is -0.384. The van der Waals surface area contributed by atoms with Crippen molar-refractivity contribution in [1.29, 1.82) is 0 Å². The van der Waals surface area contributed by atoms with Crippen LogP contribution in [0.4, 0.5) is 11.4 Å². The van der Waals surface area contributed by atoms with Gasteiger partial charge in [0.15, 0.2) is 0 Å². The third-order valence-corrected chi connectivity index (χ3v) is 7.90. The highest BCUT2D eigenvalue weighted by Gasteiger charge is 2.73. The molecule has 7 heteroatoms. The average Bonchev–Trinajstić information content (AvgIpc) is 3.01. The summed E-state index contributed by atoms with van der Waals surface area (Å²) in [4.78, 5) is 34.4. The Bertz CT molecular complexity index is 1290. The molecule has 1 saturated carbocycles. The molecule has 0 spiro atoms. The van der Waals surface area contributed by atoms with Crippen molar-refractivity contribution in [3.05, 3.63) is 69.5 Å². The molecule has 1 heterocycles. The SMILES string of the molecule is Cc1cccc(NC(=O)C23CCC(C)(c4nc5ccc([N+](=O)[O-])cc5nc42)C3(C)C)c1. The number of rotatable bonds is 3. The summed E-state index contributed by atoms with van der Waals surface area (Å²) < 4.78 is 0. The van der Waals surface area contributed by atoms with Gasteiger partial charge in [-0.3, -0.25) is 14.9 Å². The molecule has 2 aliphatic rings. The van der Waals surface area contributed by atoms with Gasteiger partial charge in [0.05, 0.1) is 32.8 Å². The van der Waals surface area contributed by atoms with Crippen LogP contribution < -0.4 is 5.32 Å². The van der Waals surface area contributed by atoms with Crippen molar-refractivity contribution < 1.29 is 9.72 Å². The van der Waals surface area contributed by atoms with Gasteiger partial charge in [0.1, 0.15) is 0 Å². The van der Waals surface area contributed by atoms with Gasteiger partial charge in [-0.15, -0.1) is 0 Å². The van der Waals surface area contributed by atoms with E-state index in [0.717, 1.165) is 23.4 Å². The zero-order chi connectivity index (χ0) is 22.2. The second kappa shape index (κ2) is 6.09. The van der Waals surface area contributed by atoms with Crippen LogP contribution in [0.3, 0.4) is 0 Å². The summed E-state index contributed by atoms with van der Waals surface area (Å²) in [6.45, 7) is 8.38. The normalized spacial score (nSPS) is 25.4. The summed E-state index contributed by atoms with van der Waals surface area (Å²) in [5.74, 6) is -0.0929. The molecular weight excluding hydrogens is 392 g/mol. The second-order valence-corrected chi connectivity index (χ2v) is 9.54. The highest BCUT2D eigenvalue weighted by molar-refractivity contribution is 6.02. The molecule has 1 amide bonds. The number of nitro groups is 1. The van der Waals surface area contributed by atoms with E-state index in [1.165, 1.54) is 12.1 Å². The number of hydrogen-bond donors (Lipinski definition) is 1. The van der Waals surface area contributed by atoms with Gasteiger partial charge >= 0.3 is 0 Å². The number of nitrogens with one attached hydrogen (secondary N) is 1. The molecule has 0 aliphatic heterocycles. The van der Waals surface area contributed by atoms with Gasteiger partial charge < -0.3 is 5.32 Å². The van der Waals surface area contributed by atoms with Crippen LogP contribution in [0, 0.1) is 22.5 Å². The molecule has 31 heavy (non-hydrogen) atoms. The van der Waals surface area contributed by atoms with Crippen LogP contribution >= 0.6 is 0 Å². The van der Waals surface area contributed by atoms with Gasteiger partial charge in [-0.1, -0.05) is 32.9 Å². The van der Waals surface area contributed by atoms with E-state index in [1.807, 2.05) is 31.2 Å². The van der Waals surface area contributed by atoms with Crippen molar-refractivity contribution in [2.75, 3.05) is 5.32 Å². The molecule has 1 fully saturated rings. The lowest BCUT2D eigenvalue weighted by Gasteiger charge is -2.39. The number of non-ortho nitro benzene ring substituents is 1. The first-order valence-corrected chi connectivity index (χ1v) is 10.5. The summed E-state index contributed by atoms with van der Waals surface area (Å²) in [7, 11) is 0. The van der Waals surface area contributed by atoms with Crippen molar-refractivity contribution in [3.63, 3.8) is 0 Å². The Labute approximate surface area is 180 Å². The Morgan fingerprint density at radius 2 is 1.77 bits per heavy atom. The Hall–Kier alpha value is -3.35. The van der Waals surface area contributed by atoms with E-state index >= 15 is 0 Å². The molecular formula is C24H24N4O3. The maximum Gasteiger partial charge on any atom is 0.271 e. The summed E-state index contributed by atoms with van der Waals surface area (Å²) in [6, 6.07) is 12.3. The topological polar surface area (TPSA) is 98.0 Å². The molecule has 0 saturated heterocycles. The number of carbonyl (C=O) groups is 1. The van der Waals surface area contributed by atoms with Crippen LogP contribution in [0.5, 0.6) is 0 Å². The third-order valence-electron chi connectivity index (χ3n) is 7.90. The minimum absolute atomic E-state index is 0.0337. The lowest BCUT2D eigenvalue weighted by Crippen LogP contribution is -2.48. The Kier molecular flexibility index (Phi) is 3.85. The summed E-state index contributed by atoms with van der Waals surface area (Å²) in [5, 5.41) is 14.4. The van der Waals surface area contributed by atoms with Crippen molar-refractivity contribution in [3.8, 4) is 0 Å². The quantitative estimate of drug-likeness (QED) is 0.488. The number of carbonyl (C=O) groups excluding carboxylic acids is 1. The van der Waals surface area contributed by atoms with E-state index in [9.17, 15) is 14.9 Å². The minimum Gasteiger partial charge on any atom is -0.325 e. The van der Waals surface area contributed by atoms with Gasteiger partial charge in [-0.25, -0.2) is 9.97 Å². The Morgan fingerprint density at radius 1 is 1.03 bits per heavy atom. The molecule has 5 rings (SSSR count). The molecule has 2 aromatic carbocycles. The largest absolute Gasteiger partial charge is 0.325 e. The van der Waals surface area contributed by atoms with Crippen LogP contribution in [-0.2, 0) is 15.6 Å². The fourth-order valence-electron chi connectivity index (χ4n) is 5.67. The van der Waals surface area contributed by atoms with Gasteiger partial charge in [-0.2, -0.15) is 0 Å². The highest BCUT2D eigenvalue weighted by atomic mass is 16.6. The Morgan fingerprint density at radius 3 is 2.48 bits per heavy atom. The third kappa shape index (κ3) is 2.37. The minimum atomic E-state index is -0.855. The van der Waals surface area contributed by atoms with Crippen molar-refractivity contribution in [2.24, 2.45) is 5.41 Å². The molecule has 1 aromatic heterocycles. The van der Waals surface area contributed by atoms with Crippen LogP contribution in [0.25, 0.3) is 11.0 Å². The van der Waals surface area contributed by atoms with Gasteiger partial charge in [0, 0.05) is 23.2 Å². The molecule has 2 atom stereocenters. The number of hydrogen-bond acceptors (Lipinski definition) is 5. The lowest BCUT2D eigenvalue weighted by atomic mass is 9.63. The van der Waals surface area contributed by atoms with E-state index in [4.69, 9.17) is 9.97 Å². The number of aryl methyl sites for hydroxylation is 1. The average molecular weight is 416 g/mol. The zero-order valence-electron chi connectivity index (χ0n) is 18.0. The van der Waals surface area contributed by atoms with Crippen LogP contribution in [0.15, 0.2) is 42.5 Å². The first kappa shape index (κ1) is 19.6. The molecule has 2 unspecified atom stereocenters. The summed E-state index contributed by atoms with van der Waals surface area (Å²) in [6.07, 6.45) is 1.50. The van der Waals surface area contributed by atoms with Crippen LogP contribution in [0.1, 0.15) is 50.6 Å². The number of benzene rings is 2. The monoisotopic (exact) mass is 416 g/mol. The first-order chi connectivity index (χ1) is 14.6. The molecule has 7 nitrogen and oxygen atoms in total. The van der Waals surface area contributed by atoms with E-state index in [1.54, 1.807) is 6.07 Å². The van der Waals surface area contributed by atoms with E-state index in [-0.39, 0.29) is 17.0 Å². The molecule has 0 radical (unpaired) electrons. The first-order valence-electron chi connectivity index (χ1n) is 10.5. The van der Waals surface area contributed by atoms with Crippen molar-refractivity contribution in [2.45, 2.75) is 51.4 Å². The predicted octanol–water partition coefficient (Wildman–Crippen LogP) is 4.81. The van der Waals surface area contributed by atoms with Crippen LogP contribution in [0.2, 0.25) is 0 Å². The standard InChI is InChI=1S/C24H24N4O3/c1-14-6-5-7-15(12-14)25-21(29)24-11-10-23(4,22(24,2)3)19-20(24)27-18-13-16(28(30)31)8-9-17(18)26-19/h5-9,12-13H,10-11H2,1-4H3,(H,25,29). The smallest absolute Gasteiger partial charge is 0.271 e. The van der Waals surface area contributed by atoms with Crippen LogP contribution in [-0.4, -0.2) is 20.8 Å². The predicted molar refractivity (Wildman–Crippen MR) is 118 cm³/mol.